The lowest BCUT2D eigenvalue weighted by molar-refractivity contribution is 0.298. The first-order chi connectivity index (χ1) is 13.2. The van der Waals surface area contributed by atoms with Gasteiger partial charge in [-0.2, -0.15) is 0 Å². The van der Waals surface area contributed by atoms with Gasteiger partial charge < -0.3 is 4.74 Å². The van der Waals surface area contributed by atoms with Crippen molar-refractivity contribution in [2.45, 2.75) is 31.6 Å². The molecule has 0 N–H and O–H groups in total. The number of rotatable bonds is 6. The van der Waals surface area contributed by atoms with Gasteiger partial charge in [-0.15, -0.1) is 10.2 Å². The highest BCUT2D eigenvalue weighted by Gasteiger charge is 2.39. The Labute approximate surface area is 156 Å². The molecule has 6 heteroatoms. The summed E-state index contributed by atoms with van der Waals surface area (Å²) in [5.41, 5.74) is 2.14. The molecular formula is C21H19FN4O. The molecule has 5 nitrogen and oxygen atoms in total. The van der Waals surface area contributed by atoms with Crippen LogP contribution in [0.15, 0.2) is 36.5 Å². The molecule has 0 saturated heterocycles. The highest BCUT2D eigenvalue weighted by atomic mass is 19.1. The number of fused-ring (bicyclic) bond motifs is 1. The average molecular weight is 362 g/mol. The molecule has 2 aliphatic rings. The standard InChI is InChI=1S/C21H19FN4O/c1-23-20-18(8-9-26-19(10-13-2-3-13)24-25-21(20)26)27-12-15-11-17(15)14-4-6-16(22)7-5-14/h4-9,13,15,17H,2-3,10-12H2/t15-,17-/m1/s1. The molecule has 0 radical (unpaired) electrons. The molecule has 3 aromatic rings. The Balaban J connectivity index is 1.30. The third-order valence-electron chi connectivity index (χ3n) is 5.54. The first-order valence-electron chi connectivity index (χ1n) is 9.35. The quantitative estimate of drug-likeness (QED) is 0.604. The van der Waals surface area contributed by atoms with E-state index in [2.05, 4.69) is 15.0 Å². The monoisotopic (exact) mass is 362 g/mol. The molecule has 2 heterocycles. The predicted octanol–water partition coefficient (Wildman–Crippen LogP) is 4.55. The van der Waals surface area contributed by atoms with E-state index in [-0.39, 0.29) is 5.82 Å². The van der Waals surface area contributed by atoms with E-state index < -0.39 is 0 Å². The van der Waals surface area contributed by atoms with Gasteiger partial charge in [-0.05, 0) is 54.9 Å². The predicted molar refractivity (Wildman–Crippen MR) is 98.4 cm³/mol. The normalized spacial score (nSPS) is 21.2. The van der Waals surface area contributed by atoms with Crippen LogP contribution in [0.3, 0.4) is 0 Å². The molecular weight excluding hydrogens is 343 g/mol. The number of hydrogen-bond acceptors (Lipinski definition) is 3. The summed E-state index contributed by atoms with van der Waals surface area (Å²) < 4.78 is 20.9. The summed E-state index contributed by atoms with van der Waals surface area (Å²) in [6, 6.07) is 8.53. The summed E-state index contributed by atoms with van der Waals surface area (Å²) in [7, 11) is 0. The van der Waals surface area contributed by atoms with Gasteiger partial charge in [0.15, 0.2) is 5.65 Å². The van der Waals surface area contributed by atoms with E-state index in [1.807, 2.05) is 28.8 Å². The van der Waals surface area contributed by atoms with E-state index >= 15 is 0 Å². The minimum atomic E-state index is -0.212. The maximum atomic E-state index is 13.1. The van der Waals surface area contributed by atoms with E-state index in [9.17, 15) is 4.39 Å². The average Bonchev–Trinajstić information content (AvgIpc) is 3.59. The van der Waals surface area contributed by atoms with Crippen LogP contribution in [0.2, 0.25) is 0 Å². The van der Waals surface area contributed by atoms with Gasteiger partial charge in [0.2, 0.25) is 0 Å². The minimum absolute atomic E-state index is 0.212. The number of ether oxygens (including phenoxy) is 1. The molecule has 1 aromatic carbocycles. The van der Waals surface area contributed by atoms with Crippen LogP contribution < -0.4 is 4.74 Å². The molecule has 5 rings (SSSR count). The van der Waals surface area contributed by atoms with Crippen LogP contribution in [0, 0.1) is 24.2 Å². The molecule has 27 heavy (non-hydrogen) atoms. The number of nitrogens with zero attached hydrogens (tertiary/aromatic N) is 4. The molecule has 2 atom stereocenters. The summed E-state index contributed by atoms with van der Waals surface area (Å²) in [4.78, 5) is 3.65. The van der Waals surface area contributed by atoms with Crippen LogP contribution in [0.4, 0.5) is 10.1 Å². The van der Waals surface area contributed by atoms with Crippen LogP contribution >= 0.6 is 0 Å². The van der Waals surface area contributed by atoms with Gasteiger partial charge in [-0.3, -0.25) is 4.40 Å². The topological polar surface area (TPSA) is 43.8 Å². The van der Waals surface area contributed by atoms with Crippen molar-refractivity contribution >= 4 is 11.3 Å². The number of benzene rings is 1. The second-order valence-corrected chi connectivity index (χ2v) is 7.56. The van der Waals surface area contributed by atoms with Gasteiger partial charge in [0.1, 0.15) is 17.4 Å². The second kappa shape index (κ2) is 6.34. The lowest BCUT2D eigenvalue weighted by Gasteiger charge is -2.09. The molecule has 136 valence electrons. The fourth-order valence-electron chi connectivity index (χ4n) is 3.66. The summed E-state index contributed by atoms with van der Waals surface area (Å²) >= 11 is 0. The summed E-state index contributed by atoms with van der Waals surface area (Å²) in [6.07, 6.45) is 6.35. The maximum absolute atomic E-state index is 13.1. The Morgan fingerprint density at radius 2 is 2.00 bits per heavy atom. The van der Waals surface area contributed by atoms with Crippen LogP contribution in [0.1, 0.15) is 36.6 Å². The third-order valence-corrected chi connectivity index (χ3v) is 5.54. The van der Waals surface area contributed by atoms with Crippen molar-refractivity contribution < 1.29 is 9.13 Å². The second-order valence-electron chi connectivity index (χ2n) is 7.56. The zero-order chi connectivity index (χ0) is 18.4. The fraction of sp³-hybridized carbons (Fsp3) is 0.381. The van der Waals surface area contributed by atoms with Crippen molar-refractivity contribution in [1.82, 2.24) is 14.6 Å². The summed E-state index contributed by atoms with van der Waals surface area (Å²) in [6.45, 7) is 8.10. The molecule has 0 spiro atoms. The van der Waals surface area contributed by atoms with Gasteiger partial charge in [-0.25, -0.2) is 9.24 Å². The number of halogens is 1. The first kappa shape index (κ1) is 16.2. The highest BCUT2D eigenvalue weighted by molar-refractivity contribution is 5.75. The third kappa shape index (κ3) is 3.14. The molecule has 2 fully saturated rings. The van der Waals surface area contributed by atoms with Crippen LogP contribution in [-0.2, 0) is 6.42 Å². The molecule has 0 amide bonds. The number of pyridine rings is 1. The minimum Gasteiger partial charge on any atom is -0.504 e. The van der Waals surface area contributed by atoms with E-state index in [1.165, 1.54) is 25.0 Å². The Morgan fingerprint density at radius 3 is 2.74 bits per heavy atom. The smallest absolute Gasteiger partial charge is 0.271 e. The molecule has 2 aromatic heterocycles. The zero-order valence-electron chi connectivity index (χ0n) is 14.8. The van der Waals surface area contributed by atoms with Gasteiger partial charge in [0, 0.05) is 18.5 Å². The molecule has 2 saturated carbocycles. The van der Waals surface area contributed by atoms with E-state index in [0.717, 1.165) is 24.2 Å². The maximum Gasteiger partial charge on any atom is 0.271 e. The van der Waals surface area contributed by atoms with Gasteiger partial charge >= 0.3 is 0 Å². The number of hydrogen-bond donors (Lipinski definition) is 0. The zero-order valence-corrected chi connectivity index (χ0v) is 14.8. The van der Waals surface area contributed by atoms with Crippen molar-refractivity contribution in [2.24, 2.45) is 11.8 Å². The lowest BCUT2D eigenvalue weighted by atomic mass is 10.1. The Morgan fingerprint density at radius 1 is 1.19 bits per heavy atom. The largest absolute Gasteiger partial charge is 0.504 e. The van der Waals surface area contributed by atoms with Gasteiger partial charge in [0.25, 0.3) is 5.69 Å². The first-order valence-corrected chi connectivity index (χ1v) is 9.35. The summed E-state index contributed by atoms with van der Waals surface area (Å²) in [5, 5.41) is 8.50. The van der Waals surface area contributed by atoms with Gasteiger partial charge in [0.05, 0.1) is 13.2 Å². The highest BCUT2D eigenvalue weighted by Crippen LogP contribution is 2.48. The Bertz CT molecular complexity index is 1030. The van der Waals surface area contributed by atoms with Crippen LogP contribution in [0.25, 0.3) is 10.5 Å². The molecule has 2 aliphatic carbocycles. The van der Waals surface area contributed by atoms with E-state index in [1.54, 1.807) is 0 Å². The molecule has 0 aliphatic heterocycles. The SMILES string of the molecule is [C-]#[N+]c1c(OC[C@H]2C[C@@H]2c2ccc(F)cc2)ccn2c(CC3CC3)nnc12. The van der Waals surface area contributed by atoms with Crippen molar-refractivity contribution in [3.63, 3.8) is 0 Å². The molecule has 0 unspecified atom stereocenters. The van der Waals surface area contributed by atoms with Gasteiger partial charge in [-0.1, -0.05) is 12.1 Å². The van der Waals surface area contributed by atoms with Crippen molar-refractivity contribution in [3.05, 3.63) is 65.2 Å². The summed E-state index contributed by atoms with van der Waals surface area (Å²) in [5.74, 6) is 2.78. The van der Waals surface area contributed by atoms with Crippen molar-refractivity contribution in [2.75, 3.05) is 6.61 Å². The van der Waals surface area contributed by atoms with E-state index in [4.69, 9.17) is 11.3 Å². The lowest BCUT2D eigenvalue weighted by Crippen LogP contribution is -2.02. The van der Waals surface area contributed by atoms with Crippen LogP contribution in [-0.4, -0.2) is 21.2 Å². The fourth-order valence-corrected chi connectivity index (χ4v) is 3.66. The Kier molecular flexibility index (Phi) is 3.82. The van der Waals surface area contributed by atoms with E-state index in [0.29, 0.717) is 41.4 Å². The number of aromatic nitrogens is 3. The van der Waals surface area contributed by atoms with Crippen molar-refractivity contribution in [1.29, 1.82) is 0 Å². The van der Waals surface area contributed by atoms with Crippen molar-refractivity contribution in [3.8, 4) is 5.75 Å². The Hall–Kier alpha value is -2.94. The molecule has 0 bridgehead atoms. The van der Waals surface area contributed by atoms with Crippen LogP contribution in [0.5, 0.6) is 5.75 Å².